The summed E-state index contributed by atoms with van der Waals surface area (Å²) >= 11 is 0. The molecule has 0 aliphatic carbocycles. The predicted molar refractivity (Wildman–Crippen MR) is 80.4 cm³/mol. The first-order valence-corrected chi connectivity index (χ1v) is 7.06. The third-order valence-corrected chi connectivity index (χ3v) is 3.33. The van der Waals surface area contributed by atoms with E-state index in [0.29, 0.717) is 5.82 Å². The minimum atomic E-state index is 0.258. The maximum atomic E-state index is 6.12. The summed E-state index contributed by atoms with van der Waals surface area (Å²) < 4.78 is 6.12. The third kappa shape index (κ3) is 3.37. The Morgan fingerprint density at radius 1 is 1.21 bits per heavy atom. The number of fused-ring (bicyclic) bond motifs is 1. The van der Waals surface area contributed by atoms with E-state index in [1.165, 1.54) is 12.8 Å². The van der Waals surface area contributed by atoms with Gasteiger partial charge >= 0.3 is 0 Å². The van der Waals surface area contributed by atoms with Crippen molar-refractivity contribution in [3.8, 4) is 5.75 Å². The van der Waals surface area contributed by atoms with Gasteiger partial charge in [0.05, 0.1) is 6.10 Å². The number of ether oxygens (including phenoxy) is 1. The number of hydrogen-bond acceptors (Lipinski definition) is 3. The average molecular weight is 258 g/mol. The van der Waals surface area contributed by atoms with Gasteiger partial charge in [0, 0.05) is 5.39 Å². The SMILES string of the molecule is CCCCC(CC)Oc1cccc2ccc(N)nc12. The molecule has 0 saturated heterocycles. The van der Waals surface area contributed by atoms with Crippen LogP contribution in [0.15, 0.2) is 30.3 Å². The smallest absolute Gasteiger partial charge is 0.146 e. The van der Waals surface area contributed by atoms with Gasteiger partial charge in [0.25, 0.3) is 0 Å². The maximum absolute atomic E-state index is 6.12. The monoisotopic (exact) mass is 258 g/mol. The number of pyridine rings is 1. The Morgan fingerprint density at radius 2 is 2.05 bits per heavy atom. The number of unbranched alkanes of at least 4 members (excludes halogenated alkanes) is 1. The number of nitrogens with zero attached hydrogens (tertiary/aromatic N) is 1. The lowest BCUT2D eigenvalue weighted by molar-refractivity contribution is 0.185. The van der Waals surface area contributed by atoms with Gasteiger partial charge in [0.1, 0.15) is 17.1 Å². The molecule has 102 valence electrons. The molecule has 2 aromatic rings. The van der Waals surface area contributed by atoms with E-state index < -0.39 is 0 Å². The van der Waals surface area contributed by atoms with Crippen LogP contribution in [0.1, 0.15) is 39.5 Å². The summed E-state index contributed by atoms with van der Waals surface area (Å²) in [5.74, 6) is 1.37. The highest BCUT2D eigenvalue weighted by Crippen LogP contribution is 2.26. The largest absolute Gasteiger partial charge is 0.488 e. The lowest BCUT2D eigenvalue weighted by Crippen LogP contribution is -2.15. The fraction of sp³-hybridized carbons (Fsp3) is 0.438. The number of nitrogens with two attached hydrogens (primary N) is 1. The summed E-state index contributed by atoms with van der Waals surface area (Å²) in [6.45, 7) is 4.36. The van der Waals surface area contributed by atoms with Gasteiger partial charge in [-0.05, 0) is 31.0 Å². The Kier molecular flexibility index (Phi) is 4.61. The molecule has 19 heavy (non-hydrogen) atoms. The number of anilines is 1. The van der Waals surface area contributed by atoms with Crippen LogP contribution in [-0.2, 0) is 0 Å². The molecule has 1 heterocycles. The van der Waals surface area contributed by atoms with Crippen molar-refractivity contribution in [1.29, 1.82) is 0 Å². The van der Waals surface area contributed by atoms with E-state index in [1.54, 1.807) is 0 Å². The Hall–Kier alpha value is -1.77. The van der Waals surface area contributed by atoms with E-state index in [9.17, 15) is 0 Å². The third-order valence-electron chi connectivity index (χ3n) is 3.33. The summed E-state index contributed by atoms with van der Waals surface area (Å²) in [6.07, 6.45) is 4.75. The number of aromatic nitrogens is 1. The number of nitrogen functional groups attached to an aromatic ring is 1. The highest BCUT2D eigenvalue weighted by atomic mass is 16.5. The fourth-order valence-electron chi connectivity index (χ4n) is 2.19. The van der Waals surface area contributed by atoms with Crippen LogP contribution in [0.5, 0.6) is 5.75 Å². The molecule has 1 atom stereocenters. The predicted octanol–water partition coefficient (Wildman–Crippen LogP) is 4.16. The van der Waals surface area contributed by atoms with Crippen LogP contribution in [0.25, 0.3) is 10.9 Å². The molecule has 0 bridgehead atoms. The molecule has 0 aliphatic heterocycles. The van der Waals surface area contributed by atoms with Crippen LogP contribution in [0.4, 0.5) is 5.82 Å². The number of para-hydroxylation sites is 1. The van der Waals surface area contributed by atoms with Crippen molar-refractivity contribution in [2.24, 2.45) is 0 Å². The Balaban J connectivity index is 2.26. The second kappa shape index (κ2) is 6.41. The van der Waals surface area contributed by atoms with E-state index in [0.717, 1.165) is 29.5 Å². The number of rotatable bonds is 6. The molecule has 1 aromatic carbocycles. The first-order chi connectivity index (χ1) is 9.24. The molecule has 0 amide bonds. The lowest BCUT2D eigenvalue weighted by Gasteiger charge is -2.18. The van der Waals surface area contributed by atoms with Gasteiger partial charge in [-0.2, -0.15) is 0 Å². The molecule has 0 spiro atoms. The molecule has 0 saturated carbocycles. The summed E-state index contributed by atoms with van der Waals surface area (Å²) in [5, 5.41) is 1.07. The molecular formula is C16H22N2O. The summed E-state index contributed by atoms with van der Waals surface area (Å²) in [5.41, 5.74) is 6.63. The van der Waals surface area contributed by atoms with Gasteiger partial charge in [0.2, 0.25) is 0 Å². The van der Waals surface area contributed by atoms with E-state index in [2.05, 4.69) is 18.8 Å². The van der Waals surface area contributed by atoms with E-state index in [4.69, 9.17) is 10.5 Å². The van der Waals surface area contributed by atoms with Gasteiger partial charge in [-0.1, -0.05) is 38.8 Å². The van der Waals surface area contributed by atoms with Gasteiger partial charge in [-0.3, -0.25) is 0 Å². The van der Waals surface area contributed by atoms with Gasteiger partial charge in [0.15, 0.2) is 0 Å². The van der Waals surface area contributed by atoms with Crippen LogP contribution in [0.3, 0.4) is 0 Å². The molecule has 1 aromatic heterocycles. The van der Waals surface area contributed by atoms with Crippen LogP contribution in [0.2, 0.25) is 0 Å². The first-order valence-electron chi connectivity index (χ1n) is 7.06. The summed E-state index contributed by atoms with van der Waals surface area (Å²) in [6, 6.07) is 9.81. The molecule has 0 radical (unpaired) electrons. The fourth-order valence-corrected chi connectivity index (χ4v) is 2.19. The maximum Gasteiger partial charge on any atom is 0.146 e. The highest BCUT2D eigenvalue weighted by Gasteiger charge is 2.11. The van der Waals surface area contributed by atoms with Crippen molar-refractivity contribution in [3.05, 3.63) is 30.3 Å². The molecule has 0 aliphatic rings. The molecule has 0 fully saturated rings. The molecule has 2 N–H and O–H groups in total. The van der Waals surface area contributed by atoms with Crippen molar-refractivity contribution in [2.45, 2.75) is 45.6 Å². The van der Waals surface area contributed by atoms with Crippen LogP contribution in [0, 0.1) is 0 Å². The Morgan fingerprint density at radius 3 is 2.79 bits per heavy atom. The average Bonchev–Trinajstić information content (AvgIpc) is 2.43. The Labute approximate surface area is 114 Å². The minimum Gasteiger partial charge on any atom is -0.488 e. The van der Waals surface area contributed by atoms with Gasteiger partial charge in [-0.15, -0.1) is 0 Å². The van der Waals surface area contributed by atoms with E-state index in [-0.39, 0.29) is 6.10 Å². The van der Waals surface area contributed by atoms with Crippen LogP contribution < -0.4 is 10.5 Å². The van der Waals surface area contributed by atoms with Crippen molar-refractivity contribution < 1.29 is 4.74 Å². The first kappa shape index (κ1) is 13.7. The van der Waals surface area contributed by atoms with Crippen LogP contribution in [-0.4, -0.2) is 11.1 Å². The van der Waals surface area contributed by atoms with Crippen molar-refractivity contribution in [2.75, 3.05) is 5.73 Å². The van der Waals surface area contributed by atoms with E-state index >= 15 is 0 Å². The zero-order chi connectivity index (χ0) is 13.7. The normalized spacial score (nSPS) is 12.5. The van der Waals surface area contributed by atoms with Crippen LogP contribution >= 0.6 is 0 Å². The number of hydrogen-bond donors (Lipinski definition) is 1. The second-order valence-corrected chi connectivity index (χ2v) is 4.85. The van der Waals surface area contributed by atoms with Gasteiger partial charge < -0.3 is 10.5 Å². The quantitative estimate of drug-likeness (QED) is 0.846. The van der Waals surface area contributed by atoms with Crippen molar-refractivity contribution >= 4 is 16.7 Å². The summed E-state index contributed by atoms with van der Waals surface area (Å²) in [7, 11) is 0. The minimum absolute atomic E-state index is 0.258. The second-order valence-electron chi connectivity index (χ2n) is 4.85. The zero-order valence-electron chi connectivity index (χ0n) is 11.7. The Bertz CT molecular complexity index is 539. The highest BCUT2D eigenvalue weighted by molar-refractivity contribution is 5.85. The molecule has 3 heteroatoms. The van der Waals surface area contributed by atoms with Crippen molar-refractivity contribution in [1.82, 2.24) is 4.98 Å². The zero-order valence-corrected chi connectivity index (χ0v) is 11.7. The topological polar surface area (TPSA) is 48.1 Å². The molecular weight excluding hydrogens is 236 g/mol. The molecule has 2 rings (SSSR count). The molecule has 1 unspecified atom stereocenters. The number of benzene rings is 1. The van der Waals surface area contributed by atoms with Gasteiger partial charge in [-0.25, -0.2) is 4.98 Å². The molecule has 3 nitrogen and oxygen atoms in total. The summed E-state index contributed by atoms with van der Waals surface area (Å²) in [4.78, 5) is 4.40. The lowest BCUT2D eigenvalue weighted by atomic mass is 10.1. The van der Waals surface area contributed by atoms with Crippen molar-refractivity contribution in [3.63, 3.8) is 0 Å². The van der Waals surface area contributed by atoms with E-state index in [1.807, 2.05) is 30.3 Å². The standard InChI is InChI=1S/C16H22N2O/c1-3-5-8-13(4-2)19-14-9-6-7-12-10-11-15(17)18-16(12)14/h6-7,9-11,13H,3-5,8H2,1-2H3,(H2,17,18).